The number of carbonyl (C=O) groups is 3. The van der Waals surface area contributed by atoms with Gasteiger partial charge in [-0.05, 0) is 24.3 Å². The quantitative estimate of drug-likeness (QED) is 0.676. The average molecular weight is 308 g/mol. The third kappa shape index (κ3) is 2.48. The Balaban J connectivity index is 1.86. The Morgan fingerprint density at radius 3 is 2.17 bits per heavy atom. The van der Waals surface area contributed by atoms with E-state index in [9.17, 15) is 14.4 Å². The third-order valence-corrected chi connectivity index (χ3v) is 3.30. The monoisotopic (exact) mass is 308 g/mol. The van der Waals surface area contributed by atoms with E-state index < -0.39 is 11.8 Å². The number of nitrogens with one attached hydrogen (secondary N) is 1. The largest absolute Gasteiger partial charge is 0.349 e. The van der Waals surface area contributed by atoms with Gasteiger partial charge in [0.2, 0.25) is 0 Å². The van der Waals surface area contributed by atoms with Gasteiger partial charge in [0, 0.05) is 24.5 Å². The van der Waals surface area contributed by atoms with Crippen LogP contribution in [-0.4, -0.2) is 34.2 Å². The van der Waals surface area contributed by atoms with E-state index in [4.69, 9.17) is 0 Å². The first-order valence-electron chi connectivity index (χ1n) is 6.82. The van der Waals surface area contributed by atoms with Gasteiger partial charge in [0.05, 0.1) is 5.69 Å². The summed E-state index contributed by atoms with van der Waals surface area (Å²) in [4.78, 5) is 45.2. The lowest BCUT2D eigenvalue weighted by Crippen LogP contribution is -2.29. The molecule has 0 unspecified atom stereocenters. The maximum Gasteiger partial charge on any atom is 0.286 e. The standard InChI is InChI=1S/C16H12N4O3/c1-2-7-19-14(21)10-3-5-11(6-4-10)20-15(22)12-13(16(20)23)18-9-8-17-12/h2-6,8-9H,1,7H2,(H,19,21). The second kappa shape index (κ2) is 5.80. The Morgan fingerprint density at radius 2 is 1.65 bits per heavy atom. The van der Waals surface area contributed by atoms with Gasteiger partial charge in [-0.3, -0.25) is 14.4 Å². The summed E-state index contributed by atoms with van der Waals surface area (Å²) in [6.45, 7) is 3.88. The summed E-state index contributed by atoms with van der Waals surface area (Å²) < 4.78 is 0. The van der Waals surface area contributed by atoms with Crippen LogP contribution in [0, 0.1) is 0 Å². The predicted octanol–water partition coefficient (Wildman–Crippen LogP) is 1.19. The molecule has 1 aromatic heterocycles. The van der Waals surface area contributed by atoms with Gasteiger partial charge in [0.1, 0.15) is 0 Å². The molecule has 23 heavy (non-hydrogen) atoms. The molecule has 0 aliphatic carbocycles. The molecule has 7 nitrogen and oxygen atoms in total. The van der Waals surface area contributed by atoms with Gasteiger partial charge in [-0.25, -0.2) is 14.9 Å². The van der Waals surface area contributed by atoms with Crippen LogP contribution in [0.5, 0.6) is 0 Å². The molecule has 0 atom stereocenters. The van der Waals surface area contributed by atoms with Crippen LogP contribution in [0.1, 0.15) is 31.3 Å². The average Bonchev–Trinajstić information content (AvgIpc) is 2.84. The summed E-state index contributed by atoms with van der Waals surface area (Å²) in [5.74, 6) is -1.31. The molecule has 1 N–H and O–H groups in total. The lowest BCUT2D eigenvalue weighted by molar-refractivity contribution is 0.0921. The number of hydrogen-bond acceptors (Lipinski definition) is 5. The Hall–Kier alpha value is -3.35. The Kier molecular flexibility index (Phi) is 3.68. The number of hydrogen-bond donors (Lipinski definition) is 1. The first-order chi connectivity index (χ1) is 11.1. The van der Waals surface area contributed by atoms with Crippen LogP contribution in [-0.2, 0) is 0 Å². The van der Waals surface area contributed by atoms with E-state index in [2.05, 4.69) is 21.9 Å². The number of anilines is 1. The molecular weight excluding hydrogens is 296 g/mol. The van der Waals surface area contributed by atoms with E-state index in [1.807, 2.05) is 0 Å². The van der Waals surface area contributed by atoms with Gasteiger partial charge in [0.25, 0.3) is 17.7 Å². The minimum atomic E-state index is -0.526. The lowest BCUT2D eigenvalue weighted by Gasteiger charge is -2.13. The van der Waals surface area contributed by atoms with Gasteiger partial charge < -0.3 is 5.32 Å². The van der Waals surface area contributed by atoms with Gasteiger partial charge in [-0.15, -0.1) is 6.58 Å². The van der Waals surface area contributed by atoms with E-state index in [-0.39, 0.29) is 17.3 Å². The van der Waals surface area contributed by atoms with E-state index >= 15 is 0 Å². The Morgan fingerprint density at radius 1 is 1.09 bits per heavy atom. The Bertz CT molecular complexity index is 779. The molecule has 0 radical (unpaired) electrons. The normalized spacial score (nSPS) is 13.0. The highest BCUT2D eigenvalue weighted by molar-refractivity contribution is 6.33. The first kappa shape index (κ1) is 14.6. The fourth-order valence-corrected chi connectivity index (χ4v) is 2.22. The third-order valence-electron chi connectivity index (χ3n) is 3.30. The van der Waals surface area contributed by atoms with Crippen molar-refractivity contribution in [3.63, 3.8) is 0 Å². The van der Waals surface area contributed by atoms with Crippen molar-refractivity contribution >= 4 is 23.4 Å². The van der Waals surface area contributed by atoms with E-state index in [1.54, 1.807) is 6.08 Å². The second-order valence-electron chi connectivity index (χ2n) is 4.74. The molecule has 0 saturated heterocycles. The molecule has 7 heteroatoms. The fourth-order valence-electron chi connectivity index (χ4n) is 2.22. The van der Waals surface area contributed by atoms with Crippen LogP contribution in [0.3, 0.4) is 0 Å². The number of benzene rings is 1. The smallest absolute Gasteiger partial charge is 0.286 e. The highest BCUT2D eigenvalue weighted by atomic mass is 16.2. The molecule has 0 bridgehead atoms. The van der Waals surface area contributed by atoms with Crippen molar-refractivity contribution < 1.29 is 14.4 Å². The number of carbonyl (C=O) groups excluding carboxylic acids is 3. The molecular formula is C16H12N4O3. The van der Waals surface area contributed by atoms with Crippen molar-refractivity contribution in [3.05, 3.63) is 66.3 Å². The van der Waals surface area contributed by atoms with Crippen LogP contribution in [0.2, 0.25) is 0 Å². The molecule has 2 heterocycles. The van der Waals surface area contributed by atoms with Crippen LogP contribution < -0.4 is 10.2 Å². The van der Waals surface area contributed by atoms with Crippen LogP contribution >= 0.6 is 0 Å². The second-order valence-corrected chi connectivity index (χ2v) is 4.74. The molecule has 0 spiro atoms. The van der Waals surface area contributed by atoms with Gasteiger partial charge >= 0.3 is 0 Å². The SMILES string of the molecule is C=CCNC(=O)c1ccc(N2C(=O)c3nccnc3C2=O)cc1. The summed E-state index contributed by atoms with van der Waals surface area (Å²) in [6.07, 6.45) is 4.30. The number of aromatic nitrogens is 2. The Labute approximate surface area is 131 Å². The van der Waals surface area contributed by atoms with Gasteiger partial charge in [0.15, 0.2) is 11.4 Å². The summed E-state index contributed by atoms with van der Waals surface area (Å²) in [6, 6.07) is 6.14. The molecule has 0 fully saturated rings. The minimum absolute atomic E-state index is 0.0327. The van der Waals surface area contributed by atoms with Crippen LogP contribution in [0.25, 0.3) is 0 Å². The van der Waals surface area contributed by atoms with Crippen molar-refractivity contribution in [1.29, 1.82) is 0 Å². The van der Waals surface area contributed by atoms with Crippen molar-refractivity contribution in [2.24, 2.45) is 0 Å². The van der Waals surface area contributed by atoms with E-state index in [1.165, 1.54) is 36.7 Å². The van der Waals surface area contributed by atoms with E-state index in [0.29, 0.717) is 17.8 Å². The maximum absolute atomic E-state index is 12.3. The zero-order chi connectivity index (χ0) is 16.4. The predicted molar refractivity (Wildman–Crippen MR) is 82.1 cm³/mol. The van der Waals surface area contributed by atoms with E-state index in [0.717, 1.165) is 4.90 Å². The van der Waals surface area contributed by atoms with Crippen molar-refractivity contribution in [2.45, 2.75) is 0 Å². The minimum Gasteiger partial charge on any atom is -0.349 e. The molecule has 1 aliphatic heterocycles. The number of fused-ring (bicyclic) bond motifs is 1. The molecule has 0 saturated carbocycles. The van der Waals surface area contributed by atoms with Crippen LogP contribution in [0.4, 0.5) is 5.69 Å². The molecule has 2 aromatic rings. The van der Waals surface area contributed by atoms with Gasteiger partial charge in [-0.1, -0.05) is 6.08 Å². The highest BCUT2D eigenvalue weighted by Crippen LogP contribution is 2.25. The topological polar surface area (TPSA) is 92.3 Å². The van der Waals surface area contributed by atoms with Crippen molar-refractivity contribution in [3.8, 4) is 0 Å². The maximum atomic E-state index is 12.3. The number of imide groups is 1. The lowest BCUT2D eigenvalue weighted by atomic mass is 10.2. The molecule has 1 aliphatic rings. The summed E-state index contributed by atoms with van der Waals surface area (Å²) in [5, 5.41) is 2.64. The first-order valence-corrected chi connectivity index (χ1v) is 6.82. The van der Waals surface area contributed by atoms with Gasteiger partial charge in [-0.2, -0.15) is 0 Å². The molecule has 3 rings (SSSR count). The number of amides is 3. The summed E-state index contributed by atoms with van der Waals surface area (Å²) >= 11 is 0. The number of rotatable bonds is 4. The molecule has 114 valence electrons. The zero-order valence-electron chi connectivity index (χ0n) is 12.0. The van der Waals surface area contributed by atoms with Crippen molar-refractivity contribution in [2.75, 3.05) is 11.4 Å². The summed E-state index contributed by atoms with van der Waals surface area (Å²) in [7, 11) is 0. The van der Waals surface area contributed by atoms with Crippen LogP contribution in [0.15, 0.2) is 49.3 Å². The number of nitrogens with zero attached hydrogens (tertiary/aromatic N) is 3. The highest BCUT2D eigenvalue weighted by Gasteiger charge is 2.39. The van der Waals surface area contributed by atoms with Crippen molar-refractivity contribution in [1.82, 2.24) is 15.3 Å². The fraction of sp³-hybridized carbons (Fsp3) is 0.0625. The summed E-state index contributed by atoms with van der Waals surface area (Å²) in [5.41, 5.74) is 0.846. The molecule has 1 aromatic carbocycles. The zero-order valence-corrected chi connectivity index (χ0v) is 12.0. The molecule has 3 amide bonds.